The Morgan fingerprint density at radius 3 is 3.04 bits per heavy atom. The third-order valence-corrected chi connectivity index (χ3v) is 3.86. The second-order valence-corrected chi connectivity index (χ2v) is 6.14. The quantitative estimate of drug-likeness (QED) is 0.738. The third-order valence-electron chi connectivity index (χ3n) is 3.17. The molecule has 0 aliphatic heterocycles. The first-order valence-electron chi connectivity index (χ1n) is 7.34. The zero-order valence-corrected chi connectivity index (χ0v) is 14.0. The SMILES string of the molecule is CC(C)n1nnnc1COc1cccc(C(=O)Nc2nccs2)c1. The summed E-state index contributed by atoms with van der Waals surface area (Å²) < 4.78 is 7.40. The molecule has 2 aromatic heterocycles. The van der Waals surface area contributed by atoms with Crippen LogP contribution in [0.2, 0.25) is 0 Å². The van der Waals surface area contributed by atoms with Crippen molar-refractivity contribution in [2.24, 2.45) is 0 Å². The molecule has 0 atom stereocenters. The number of hydrogen-bond donors (Lipinski definition) is 1. The summed E-state index contributed by atoms with van der Waals surface area (Å²) in [5, 5.41) is 16.6. The van der Waals surface area contributed by atoms with Gasteiger partial charge in [-0.2, -0.15) is 0 Å². The fourth-order valence-corrected chi connectivity index (χ4v) is 2.56. The number of nitrogens with zero attached hydrogens (tertiary/aromatic N) is 5. The molecule has 24 heavy (non-hydrogen) atoms. The lowest BCUT2D eigenvalue weighted by Gasteiger charge is -2.10. The zero-order valence-electron chi connectivity index (χ0n) is 13.2. The van der Waals surface area contributed by atoms with Crippen LogP contribution in [0, 0.1) is 0 Å². The minimum absolute atomic E-state index is 0.147. The average Bonchev–Trinajstić information content (AvgIpc) is 3.24. The lowest BCUT2D eigenvalue weighted by molar-refractivity contribution is 0.102. The summed E-state index contributed by atoms with van der Waals surface area (Å²) in [5.74, 6) is 0.963. The summed E-state index contributed by atoms with van der Waals surface area (Å²) in [6.07, 6.45) is 1.64. The summed E-state index contributed by atoms with van der Waals surface area (Å²) >= 11 is 1.36. The molecule has 0 aliphatic rings. The Morgan fingerprint density at radius 1 is 1.42 bits per heavy atom. The molecule has 1 amide bonds. The first-order chi connectivity index (χ1) is 11.6. The van der Waals surface area contributed by atoms with Gasteiger partial charge in [0.25, 0.3) is 5.91 Å². The van der Waals surface area contributed by atoms with Crippen LogP contribution in [0.5, 0.6) is 5.75 Å². The Balaban J connectivity index is 1.67. The topological polar surface area (TPSA) is 94.8 Å². The number of carbonyl (C=O) groups excluding carboxylic acids is 1. The maximum Gasteiger partial charge on any atom is 0.257 e. The molecule has 0 fully saturated rings. The van der Waals surface area contributed by atoms with Gasteiger partial charge in [-0.05, 0) is 42.5 Å². The second-order valence-electron chi connectivity index (χ2n) is 5.24. The van der Waals surface area contributed by atoms with Crippen molar-refractivity contribution in [1.82, 2.24) is 25.2 Å². The van der Waals surface area contributed by atoms with Gasteiger partial charge in [-0.15, -0.1) is 16.4 Å². The van der Waals surface area contributed by atoms with Crippen molar-refractivity contribution >= 4 is 22.4 Å². The highest BCUT2D eigenvalue weighted by Crippen LogP contribution is 2.17. The van der Waals surface area contributed by atoms with Crippen LogP contribution in [-0.2, 0) is 6.61 Å². The molecule has 2 heterocycles. The van der Waals surface area contributed by atoms with E-state index >= 15 is 0 Å². The number of hydrogen-bond acceptors (Lipinski definition) is 7. The average molecular weight is 344 g/mol. The van der Waals surface area contributed by atoms with Gasteiger partial charge >= 0.3 is 0 Å². The van der Waals surface area contributed by atoms with E-state index in [4.69, 9.17) is 4.74 Å². The first-order valence-corrected chi connectivity index (χ1v) is 8.22. The van der Waals surface area contributed by atoms with Crippen LogP contribution in [-0.4, -0.2) is 31.1 Å². The number of thiazole rings is 1. The molecule has 3 rings (SSSR count). The predicted molar refractivity (Wildman–Crippen MR) is 89.0 cm³/mol. The van der Waals surface area contributed by atoms with Gasteiger partial charge in [-0.25, -0.2) is 9.67 Å². The van der Waals surface area contributed by atoms with E-state index in [-0.39, 0.29) is 18.6 Å². The molecular weight excluding hydrogens is 328 g/mol. The number of anilines is 1. The standard InChI is InChI=1S/C15H16N6O2S/c1-10(2)21-13(18-19-20-21)9-23-12-5-3-4-11(8-12)14(22)17-15-16-6-7-24-15/h3-8,10H,9H2,1-2H3,(H,16,17,22). The number of ether oxygens (including phenoxy) is 1. The van der Waals surface area contributed by atoms with Crippen molar-refractivity contribution in [2.45, 2.75) is 26.5 Å². The minimum atomic E-state index is -0.234. The monoisotopic (exact) mass is 344 g/mol. The van der Waals surface area contributed by atoms with Gasteiger partial charge in [-0.1, -0.05) is 6.07 Å². The van der Waals surface area contributed by atoms with E-state index < -0.39 is 0 Å². The Hall–Kier alpha value is -2.81. The highest BCUT2D eigenvalue weighted by molar-refractivity contribution is 7.13. The molecule has 0 saturated carbocycles. The largest absolute Gasteiger partial charge is 0.486 e. The third kappa shape index (κ3) is 3.74. The normalized spacial score (nSPS) is 10.8. The van der Waals surface area contributed by atoms with Crippen LogP contribution in [0.3, 0.4) is 0 Å². The van der Waals surface area contributed by atoms with E-state index in [0.29, 0.717) is 22.3 Å². The molecule has 0 unspecified atom stereocenters. The molecule has 8 nitrogen and oxygen atoms in total. The number of carbonyl (C=O) groups is 1. The number of nitrogens with one attached hydrogen (secondary N) is 1. The molecule has 1 aromatic carbocycles. The van der Waals surface area contributed by atoms with E-state index in [9.17, 15) is 4.79 Å². The van der Waals surface area contributed by atoms with Gasteiger partial charge in [0, 0.05) is 17.1 Å². The van der Waals surface area contributed by atoms with Gasteiger partial charge < -0.3 is 4.74 Å². The molecule has 3 aromatic rings. The van der Waals surface area contributed by atoms with Crippen LogP contribution in [0.1, 0.15) is 36.1 Å². The zero-order chi connectivity index (χ0) is 16.9. The predicted octanol–water partition coefficient (Wildman–Crippen LogP) is 2.54. The highest BCUT2D eigenvalue weighted by atomic mass is 32.1. The lowest BCUT2D eigenvalue weighted by Crippen LogP contribution is -2.12. The van der Waals surface area contributed by atoms with E-state index in [1.807, 2.05) is 13.8 Å². The van der Waals surface area contributed by atoms with Crippen LogP contribution in [0.15, 0.2) is 35.8 Å². The molecule has 0 spiro atoms. The van der Waals surface area contributed by atoms with E-state index in [1.165, 1.54) is 11.3 Å². The van der Waals surface area contributed by atoms with Crippen molar-refractivity contribution in [2.75, 3.05) is 5.32 Å². The maximum absolute atomic E-state index is 12.2. The van der Waals surface area contributed by atoms with Crippen molar-refractivity contribution in [3.8, 4) is 5.75 Å². The van der Waals surface area contributed by atoms with Crippen molar-refractivity contribution < 1.29 is 9.53 Å². The molecule has 0 saturated heterocycles. The minimum Gasteiger partial charge on any atom is -0.486 e. The number of benzene rings is 1. The number of aromatic nitrogens is 5. The van der Waals surface area contributed by atoms with Gasteiger partial charge in [0.05, 0.1) is 6.04 Å². The van der Waals surface area contributed by atoms with Gasteiger partial charge in [-0.3, -0.25) is 10.1 Å². The first kappa shape index (κ1) is 16.1. The summed E-state index contributed by atoms with van der Waals surface area (Å²) in [6, 6.07) is 7.08. The molecule has 0 bridgehead atoms. The van der Waals surface area contributed by atoms with E-state index in [1.54, 1.807) is 40.5 Å². The van der Waals surface area contributed by atoms with Gasteiger partial charge in [0.1, 0.15) is 12.4 Å². The van der Waals surface area contributed by atoms with Crippen LogP contribution in [0.25, 0.3) is 0 Å². The highest BCUT2D eigenvalue weighted by Gasteiger charge is 2.11. The number of tetrazole rings is 1. The molecule has 1 N–H and O–H groups in total. The van der Waals surface area contributed by atoms with Crippen LogP contribution >= 0.6 is 11.3 Å². The molecule has 0 radical (unpaired) electrons. The number of rotatable bonds is 6. The molecule has 0 aliphatic carbocycles. The molecule has 124 valence electrons. The van der Waals surface area contributed by atoms with Crippen LogP contribution in [0.4, 0.5) is 5.13 Å². The van der Waals surface area contributed by atoms with E-state index in [2.05, 4.69) is 25.8 Å². The maximum atomic E-state index is 12.2. The fraction of sp³-hybridized carbons (Fsp3) is 0.267. The summed E-state index contributed by atoms with van der Waals surface area (Å²) in [5.41, 5.74) is 0.492. The Bertz CT molecular complexity index is 815. The van der Waals surface area contributed by atoms with Crippen LogP contribution < -0.4 is 10.1 Å². The Morgan fingerprint density at radius 2 is 2.29 bits per heavy atom. The summed E-state index contributed by atoms with van der Waals surface area (Å²) in [4.78, 5) is 16.2. The summed E-state index contributed by atoms with van der Waals surface area (Å²) in [6.45, 7) is 4.20. The van der Waals surface area contributed by atoms with Crippen molar-refractivity contribution in [1.29, 1.82) is 0 Å². The summed E-state index contributed by atoms with van der Waals surface area (Å²) in [7, 11) is 0. The van der Waals surface area contributed by atoms with E-state index in [0.717, 1.165) is 0 Å². The fourth-order valence-electron chi connectivity index (χ4n) is 2.04. The smallest absolute Gasteiger partial charge is 0.257 e. The molecule has 9 heteroatoms. The number of amides is 1. The van der Waals surface area contributed by atoms with Crippen molar-refractivity contribution in [3.05, 3.63) is 47.2 Å². The lowest BCUT2D eigenvalue weighted by atomic mass is 10.2. The second kappa shape index (κ2) is 7.18. The Labute approximate surface area is 142 Å². The van der Waals surface area contributed by atoms with Gasteiger partial charge in [0.15, 0.2) is 11.0 Å². The molecular formula is C15H16N6O2S. The van der Waals surface area contributed by atoms with Gasteiger partial charge in [0.2, 0.25) is 0 Å². The Kier molecular flexibility index (Phi) is 4.80. The van der Waals surface area contributed by atoms with Crippen molar-refractivity contribution in [3.63, 3.8) is 0 Å².